The van der Waals surface area contributed by atoms with Gasteiger partial charge in [0.15, 0.2) is 0 Å². The van der Waals surface area contributed by atoms with Crippen molar-refractivity contribution in [3.63, 3.8) is 0 Å². The molecule has 2 aromatic carbocycles. The molecule has 1 unspecified atom stereocenters. The molecule has 0 bridgehead atoms. The molecule has 0 saturated carbocycles. The number of ether oxygens (including phenoxy) is 2. The highest BCUT2D eigenvalue weighted by Crippen LogP contribution is 2.32. The summed E-state index contributed by atoms with van der Waals surface area (Å²) in [5.74, 6) is 1.06. The number of amides is 2. The monoisotopic (exact) mass is 408 g/mol. The molecule has 1 atom stereocenters. The van der Waals surface area contributed by atoms with E-state index in [1.54, 1.807) is 6.92 Å². The molecule has 30 heavy (non-hydrogen) atoms. The Labute approximate surface area is 177 Å². The van der Waals surface area contributed by atoms with Gasteiger partial charge in [-0.2, -0.15) is 0 Å². The van der Waals surface area contributed by atoms with Gasteiger partial charge in [0.25, 0.3) is 0 Å². The molecule has 1 aliphatic heterocycles. The number of rotatable bonds is 7. The SMILES string of the molecule is CCCC1=C(C(=O)OCC)C(c2ccc(Oc3cccc(C)c3C)cc2)NC(=O)N1. The minimum atomic E-state index is -0.575. The highest BCUT2D eigenvalue weighted by atomic mass is 16.5. The van der Waals surface area contributed by atoms with E-state index in [4.69, 9.17) is 9.47 Å². The predicted octanol–water partition coefficient (Wildman–Crippen LogP) is 5.07. The molecule has 0 saturated heterocycles. The third-order valence-electron chi connectivity index (χ3n) is 5.15. The number of hydrogen-bond donors (Lipinski definition) is 2. The lowest BCUT2D eigenvalue weighted by Gasteiger charge is -2.29. The van der Waals surface area contributed by atoms with Gasteiger partial charge in [0.1, 0.15) is 11.5 Å². The van der Waals surface area contributed by atoms with Crippen molar-refractivity contribution in [1.82, 2.24) is 10.6 Å². The topological polar surface area (TPSA) is 76.7 Å². The number of carbonyl (C=O) groups excluding carboxylic acids is 2. The fraction of sp³-hybridized carbons (Fsp3) is 0.333. The summed E-state index contributed by atoms with van der Waals surface area (Å²) in [6.07, 6.45) is 1.39. The van der Waals surface area contributed by atoms with Crippen LogP contribution in [-0.4, -0.2) is 18.6 Å². The van der Waals surface area contributed by atoms with Crippen LogP contribution in [0.3, 0.4) is 0 Å². The number of allylic oxidation sites excluding steroid dienone is 1. The number of carbonyl (C=O) groups is 2. The number of urea groups is 1. The van der Waals surface area contributed by atoms with Crippen LogP contribution in [0, 0.1) is 13.8 Å². The Morgan fingerprint density at radius 3 is 2.47 bits per heavy atom. The molecule has 1 aliphatic rings. The van der Waals surface area contributed by atoms with Crippen LogP contribution in [0.2, 0.25) is 0 Å². The van der Waals surface area contributed by atoms with Crippen LogP contribution < -0.4 is 15.4 Å². The number of hydrogen-bond acceptors (Lipinski definition) is 4. The van der Waals surface area contributed by atoms with Crippen LogP contribution in [0.4, 0.5) is 4.79 Å². The lowest BCUT2D eigenvalue weighted by Crippen LogP contribution is -2.46. The Bertz CT molecular complexity index is 964. The van der Waals surface area contributed by atoms with Gasteiger partial charge in [0.2, 0.25) is 0 Å². The average Bonchev–Trinajstić information content (AvgIpc) is 2.72. The Morgan fingerprint density at radius 1 is 1.07 bits per heavy atom. The molecule has 0 aliphatic carbocycles. The maximum Gasteiger partial charge on any atom is 0.338 e. The molecule has 6 heteroatoms. The summed E-state index contributed by atoms with van der Waals surface area (Å²) >= 11 is 0. The molecule has 0 fully saturated rings. The molecule has 158 valence electrons. The van der Waals surface area contributed by atoms with Crippen molar-refractivity contribution >= 4 is 12.0 Å². The fourth-order valence-corrected chi connectivity index (χ4v) is 3.46. The van der Waals surface area contributed by atoms with E-state index in [9.17, 15) is 9.59 Å². The molecular formula is C24H28N2O4. The summed E-state index contributed by atoms with van der Waals surface area (Å²) in [5.41, 5.74) is 4.09. The van der Waals surface area contributed by atoms with Crippen LogP contribution in [0.25, 0.3) is 0 Å². The average molecular weight is 408 g/mol. The Morgan fingerprint density at radius 2 is 1.80 bits per heavy atom. The van der Waals surface area contributed by atoms with Gasteiger partial charge in [0.05, 0.1) is 18.2 Å². The van der Waals surface area contributed by atoms with Gasteiger partial charge in [-0.25, -0.2) is 9.59 Å². The van der Waals surface area contributed by atoms with Crippen molar-refractivity contribution in [3.05, 3.63) is 70.4 Å². The first kappa shape index (κ1) is 21.4. The van der Waals surface area contributed by atoms with Crippen LogP contribution in [0.5, 0.6) is 11.5 Å². The molecule has 3 rings (SSSR count). The molecular weight excluding hydrogens is 380 g/mol. The van der Waals surface area contributed by atoms with Gasteiger partial charge in [-0.1, -0.05) is 37.6 Å². The number of nitrogens with one attached hydrogen (secondary N) is 2. The second-order valence-corrected chi connectivity index (χ2v) is 7.26. The van der Waals surface area contributed by atoms with Crippen molar-refractivity contribution in [2.75, 3.05) is 6.61 Å². The van der Waals surface area contributed by atoms with Gasteiger partial charge in [-0.15, -0.1) is 0 Å². The molecule has 2 N–H and O–H groups in total. The van der Waals surface area contributed by atoms with Crippen molar-refractivity contribution in [1.29, 1.82) is 0 Å². The maximum absolute atomic E-state index is 12.7. The zero-order chi connectivity index (χ0) is 21.7. The van der Waals surface area contributed by atoms with Gasteiger partial charge in [-0.05, 0) is 62.1 Å². The molecule has 0 radical (unpaired) electrons. The number of aryl methyl sites for hydroxylation is 1. The highest BCUT2D eigenvalue weighted by molar-refractivity contribution is 5.95. The normalized spacial score (nSPS) is 16.0. The van der Waals surface area contributed by atoms with E-state index in [2.05, 4.69) is 10.6 Å². The van der Waals surface area contributed by atoms with Gasteiger partial charge < -0.3 is 20.1 Å². The van der Waals surface area contributed by atoms with Crippen LogP contribution in [-0.2, 0) is 9.53 Å². The van der Waals surface area contributed by atoms with Crippen LogP contribution >= 0.6 is 0 Å². The summed E-state index contributed by atoms with van der Waals surface area (Å²) in [6, 6.07) is 12.4. The largest absolute Gasteiger partial charge is 0.463 e. The van der Waals surface area contributed by atoms with Crippen molar-refractivity contribution in [3.8, 4) is 11.5 Å². The molecule has 0 aromatic heterocycles. The highest BCUT2D eigenvalue weighted by Gasteiger charge is 2.33. The minimum absolute atomic E-state index is 0.269. The van der Waals surface area contributed by atoms with E-state index in [-0.39, 0.29) is 12.6 Å². The third-order valence-corrected chi connectivity index (χ3v) is 5.15. The van der Waals surface area contributed by atoms with Crippen LogP contribution in [0.1, 0.15) is 49.4 Å². The predicted molar refractivity (Wildman–Crippen MR) is 115 cm³/mol. The van der Waals surface area contributed by atoms with Crippen molar-refractivity contribution < 1.29 is 19.1 Å². The molecule has 2 aromatic rings. The van der Waals surface area contributed by atoms with E-state index in [0.29, 0.717) is 23.4 Å². The second-order valence-electron chi connectivity index (χ2n) is 7.26. The zero-order valence-corrected chi connectivity index (χ0v) is 17.9. The number of esters is 1. The van der Waals surface area contributed by atoms with E-state index < -0.39 is 12.0 Å². The van der Waals surface area contributed by atoms with Gasteiger partial charge >= 0.3 is 12.0 Å². The summed E-state index contributed by atoms with van der Waals surface area (Å²) in [6.45, 7) is 8.10. The molecule has 2 amide bonds. The summed E-state index contributed by atoms with van der Waals surface area (Å²) in [5, 5.41) is 5.61. The first-order chi connectivity index (χ1) is 14.4. The first-order valence-electron chi connectivity index (χ1n) is 10.3. The lowest BCUT2D eigenvalue weighted by molar-refractivity contribution is -0.139. The van der Waals surface area contributed by atoms with Gasteiger partial charge in [-0.3, -0.25) is 0 Å². The molecule has 6 nitrogen and oxygen atoms in total. The van der Waals surface area contributed by atoms with Crippen LogP contribution in [0.15, 0.2) is 53.7 Å². The van der Waals surface area contributed by atoms with E-state index >= 15 is 0 Å². The lowest BCUT2D eigenvalue weighted by atomic mass is 9.94. The smallest absolute Gasteiger partial charge is 0.338 e. The summed E-state index contributed by atoms with van der Waals surface area (Å²) < 4.78 is 11.3. The Hall–Kier alpha value is -3.28. The standard InChI is InChI=1S/C24H28N2O4/c1-5-8-19-21(23(27)29-6-2)22(26-24(28)25-19)17-11-13-18(14-12-17)30-20-10-7-9-15(3)16(20)4/h7,9-14,22H,5-6,8H2,1-4H3,(H2,25,26,28). The third kappa shape index (κ3) is 4.64. The Kier molecular flexibility index (Phi) is 6.77. The molecule has 1 heterocycles. The van der Waals surface area contributed by atoms with E-state index in [1.165, 1.54) is 0 Å². The fourth-order valence-electron chi connectivity index (χ4n) is 3.46. The van der Waals surface area contributed by atoms with Crippen molar-refractivity contribution in [2.45, 2.75) is 46.6 Å². The minimum Gasteiger partial charge on any atom is -0.463 e. The quantitative estimate of drug-likeness (QED) is 0.627. The first-order valence-corrected chi connectivity index (χ1v) is 10.3. The Balaban J connectivity index is 1.90. The van der Waals surface area contributed by atoms with E-state index in [0.717, 1.165) is 28.9 Å². The summed E-state index contributed by atoms with van der Waals surface area (Å²) in [7, 11) is 0. The second kappa shape index (κ2) is 9.48. The number of benzene rings is 2. The summed E-state index contributed by atoms with van der Waals surface area (Å²) in [4.78, 5) is 24.9. The van der Waals surface area contributed by atoms with Gasteiger partial charge in [0, 0.05) is 5.70 Å². The van der Waals surface area contributed by atoms with E-state index in [1.807, 2.05) is 63.2 Å². The van der Waals surface area contributed by atoms with Crippen molar-refractivity contribution in [2.24, 2.45) is 0 Å². The maximum atomic E-state index is 12.7. The molecule has 0 spiro atoms. The zero-order valence-electron chi connectivity index (χ0n) is 17.9.